The van der Waals surface area contributed by atoms with Crippen molar-refractivity contribution < 1.29 is 9.90 Å². The summed E-state index contributed by atoms with van der Waals surface area (Å²) in [5.74, 6) is -0.00666. The normalized spacial score (nSPS) is 21.9. The highest BCUT2D eigenvalue weighted by molar-refractivity contribution is 5.82. The van der Waals surface area contributed by atoms with Gasteiger partial charge in [0, 0.05) is 39.1 Å². The quantitative estimate of drug-likeness (QED) is 0.782. The molecule has 1 aromatic heterocycles. The molecule has 0 aromatic carbocycles. The van der Waals surface area contributed by atoms with Gasteiger partial charge in [0.2, 0.25) is 5.91 Å². The van der Waals surface area contributed by atoms with Crippen LogP contribution in [-0.2, 0) is 11.3 Å². The van der Waals surface area contributed by atoms with Gasteiger partial charge in [-0.15, -0.1) is 0 Å². The Balaban J connectivity index is 2.07. The van der Waals surface area contributed by atoms with Crippen LogP contribution in [0.4, 0.5) is 0 Å². The summed E-state index contributed by atoms with van der Waals surface area (Å²) in [6.07, 6.45) is 3.47. The van der Waals surface area contributed by atoms with Crippen molar-refractivity contribution in [1.82, 2.24) is 14.8 Å². The maximum Gasteiger partial charge on any atom is 0.242 e. The maximum absolute atomic E-state index is 11.9. The molecule has 1 aliphatic heterocycles. The molecule has 1 aromatic rings. The summed E-state index contributed by atoms with van der Waals surface area (Å²) in [6.45, 7) is 2.04. The van der Waals surface area contributed by atoms with E-state index in [1.165, 1.54) is 0 Å². The summed E-state index contributed by atoms with van der Waals surface area (Å²) >= 11 is 0. The summed E-state index contributed by atoms with van der Waals surface area (Å²) in [4.78, 5) is 19.5. The number of piperazine rings is 1. The fraction of sp³-hybridized carbons (Fsp3) is 0.500. The lowest BCUT2D eigenvalue weighted by Crippen LogP contribution is -2.56. The van der Waals surface area contributed by atoms with Gasteiger partial charge >= 0.3 is 0 Å². The molecular formula is C12H17N3O2. The van der Waals surface area contributed by atoms with Gasteiger partial charge in [-0.1, -0.05) is 0 Å². The number of likely N-dealkylation sites (N-methyl/N-ethyl adjacent to an activating group) is 1. The fourth-order valence-electron chi connectivity index (χ4n) is 2.06. The smallest absolute Gasteiger partial charge is 0.242 e. The first-order chi connectivity index (χ1) is 8.22. The van der Waals surface area contributed by atoms with Crippen molar-refractivity contribution in [2.24, 2.45) is 0 Å². The van der Waals surface area contributed by atoms with E-state index in [4.69, 9.17) is 0 Å². The Morgan fingerprint density at radius 3 is 2.76 bits per heavy atom. The van der Waals surface area contributed by atoms with E-state index in [0.717, 1.165) is 12.1 Å². The third kappa shape index (κ3) is 2.62. The van der Waals surface area contributed by atoms with Crippen molar-refractivity contribution in [2.45, 2.75) is 12.6 Å². The molecule has 2 rings (SSSR count). The molecule has 17 heavy (non-hydrogen) atoms. The van der Waals surface area contributed by atoms with Gasteiger partial charge in [-0.2, -0.15) is 0 Å². The summed E-state index contributed by atoms with van der Waals surface area (Å²) < 4.78 is 0. The molecule has 92 valence electrons. The lowest BCUT2D eigenvalue weighted by atomic mass is 10.1. The van der Waals surface area contributed by atoms with Gasteiger partial charge in [-0.3, -0.25) is 14.7 Å². The van der Waals surface area contributed by atoms with E-state index in [1.807, 2.05) is 17.0 Å². The van der Waals surface area contributed by atoms with Gasteiger partial charge in [0.05, 0.1) is 6.61 Å². The van der Waals surface area contributed by atoms with Crippen LogP contribution in [0.25, 0.3) is 0 Å². The fourth-order valence-corrected chi connectivity index (χ4v) is 2.06. The first kappa shape index (κ1) is 12.0. The van der Waals surface area contributed by atoms with Crippen LogP contribution in [0, 0.1) is 0 Å². The standard InChI is InChI=1S/C12H17N3O2/c1-14-6-7-15(11(9-16)12(14)17)8-10-2-4-13-5-3-10/h2-5,11,16H,6-9H2,1H3. The predicted molar refractivity (Wildman–Crippen MR) is 63.2 cm³/mol. The number of carbonyl (C=O) groups excluding carboxylic acids is 1. The molecule has 0 saturated carbocycles. The Morgan fingerprint density at radius 2 is 2.12 bits per heavy atom. The largest absolute Gasteiger partial charge is 0.394 e. The lowest BCUT2D eigenvalue weighted by molar-refractivity contribution is -0.142. The molecule has 5 nitrogen and oxygen atoms in total. The van der Waals surface area contributed by atoms with Crippen molar-refractivity contribution in [3.05, 3.63) is 30.1 Å². The van der Waals surface area contributed by atoms with Crippen LogP contribution in [0.3, 0.4) is 0 Å². The van der Waals surface area contributed by atoms with E-state index in [9.17, 15) is 9.90 Å². The van der Waals surface area contributed by atoms with Crippen LogP contribution in [0.1, 0.15) is 5.56 Å². The Bertz CT molecular complexity index is 383. The number of carbonyl (C=O) groups is 1. The second kappa shape index (κ2) is 5.25. The monoisotopic (exact) mass is 235 g/mol. The topological polar surface area (TPSA) is 56.7 Å². The molecule has 1 fully saturated rings. The average molecular weight is 235 g/mol. The van der Waals surface area contributed by atoms with E-state index in [2.05, 4.69) is 4.98 Å². The van der Waals surface area contributed by atoms with Gasteiger partial charge in [0.1, 0.15) is 6.04 Å². The minimum atomic E-state index is -0.415. The van der Waals surface area contributed by atoms with Crippen molar-refractivity contribution in [2.75, 3.05) is 26.7 Å². The highest BCUT2D eigenvalue weighted by Gasteiger charge is 2.32. The summed E-state index contributed by atoms with van der Waals surface area (Å²) in [5, 5.41) is 9.33. The average Bonchev–Trinajstić information content (AvgIpc) is 2.36. The molecule has 1 saturated heterocycles. The van der Waals surface area contributed by atoms with Crippen LogP contribution >= 0.6 is 0 Å². The lowest BCUT2D eigenvalue weighted by Gasteiger charge is -2.38. The number of pyridine rings is 1. The minimum Gasteiger partial charge on any atom is -0.394 e. The molecular weight excluding hydrogens is 218 g/mol. The van der Waals surface area contributed by atoms with Crippen molar-refractivity contribution >= 4 is 5.91 Å². The van der Waals surface area contributed by atoms with E-state index in [-0.39, 0.29) is 12.5 Å². The molecule has 1 atom stereocenters. The third-order valence-electron chi connectivity index (χ3n) is 3.13. The first-order valence-electron chi connectivity index (χ1n) is 5.71. The highest BCUT2D eigenvalue weighted by atomic mass is 16.3. The van der Waals surface area contributed by atoms with Gasteiger partial charge < -0.3 is 10.0 Å². The Hall–Kier alpha value is -1.46. The number of hydrogen-bond donors (Lipinski definition) is 1. The molecule has 5 heteroatoms. The number of hydrogen-bond acceptors (Lipinski definition) is 4. The number of amides is 1. The molecule has 1 amide bonds. The van der Waals surface area contributed by atoms with Crippen LogP contribution in [0.2, 0.25) is 0 Å². The van der Waals surface area contributed by atoms with E-state index < -0.39 is 6.04 Å². The zero-order valence-electron chi connectivity index (χ0n) is 9.91. The van der Waals surface area contributed by atoms with Crippen molar-refractivity contribution in [3.63, 3.8) is 0 Å². The van der Waals surface area contributed by atoms with Gasteiger partial charge in [-0.05, 0) is 17.7 Å². The zero-order chi connectivity index (χ0) is 12.3. The van der Waals surface area contributed by atoms with E-state index in [1.54, 1.807) is 24.3 Å². The Kier molecular flexibility index (Phi) is 3.71. The molecule has 1 aliphatic rings. The van der Waals surface area contributed by atoms with Crippen LogP contribution in [-0.4, -0.2) is 58.6 Å². The van der Waals surface area contributed by atoms with Crippen molar-refractivity contribution in [3.8, 4) is 0 Å². The molecule has 0 aliphatic carbocycles. The SMILES string of the molecule is CN1CCN(Cc2ccncc2)C(CO)C1=O. The van der Waals surface area contributed by atoms with Gasteiger partial charge in [-0.25, -0.2) is 0 Å². The van der Waals surface area contributed by atoms with Crippen LogP contribution < -0.4 is 0 Å². The summed E-state index contributed by atoms with van der Waals surface area (Å²) in [5.41, 5.74) is 1.11. The predicted octanol–water partition coefficient (Wildman–Crippen LogP) is -0.284. The Morgan fingerprint density at radius 1 is 1.41 bits per heavy atom. The van der Waals surface area contributed by atoms with Gasteiger partial charge in [0.15, 0.2) is 0 Å². The number of aliphatic hydroxyl groups excluding tert-OH is 1. The number of aliphatic hydroxyl groups is 1. The highest BCUT2D eigenvalue weighted by Crippen LogP contribution is 2.13. The minimum absolute atomic E-state index is 0.00666. The second-order valence-corrected chi connectivity index (χ2v) is 4.28. The first-order valence-corrected chi connectivity index (χ1v) is 5.71. The Labute approximate surface area is 101 Å². The maximum atomic E-state index is 11.9. The zero-order valence-corrected chi connectivity index (χ0v) is 9.91. The molecule has 1 unspecified atom stereocenters. The van der Waals surface area contributed by atoms with E-state index in [0.29, 0.717) is 13.1 Å². The number of nitrogens with zero attached hydrogens (tertiary/aromatic N) is 3. The van der Waals surface area contributed by atoms with Crippen LogP contribution in [0.5, 0.6) is 0 Å². The van der Waals surface area contributed by atoms with Crippen LogP contribution in [0.15, 0.2) is 24.5 Å². The van der Waals surface area contributed by atoms with E-state index >= 15 is 0 Å². The molecule has 0 radical (unpaired) electrons. The number of aromatic nitrogens is 1. The second-order valence-electron chi connectivity index (χ2n) is 4.28. The summed E-state index contributed by atoms with van der Waals surface area (Å²) in [7, 11) is 1.77. The molecule has 0 bridgehead atoms. The van der Waals surface area contributed by atoms with Gasteiger partial charge in [0.25, 0.3) is 0 Å². The molecule has 1 N–H and O–H groups in total. The summed E-state index contributed by atoms with van der Waals surface area (Å²) in [6, 6.07) is 3.44. The molecule has 2 heterocycles. The number of rotatable bonds is 3. The van der Waals surface area contributed by atoms with Crippen molar-refractivity contribution in [1.29, 1.82) is 0 Å². The molecule has 0 spiro atoms. The third-order valence-corrected chi connectivity index (χ3v) is 3.13.